The number of unbranched alkanes of at least 4 members (excludes halogenated alkanes) is 1. The molecule has 1 fully saturated rings. The lowest BCUT2D eigenvalue weighted by Gasteiger charge is -2.22. The molecule has 0 spiro atoms. The number of hydrogen-bond donors (Lipinski definition) is 1. The molecule has 0 bridgehead atoms. The van der Waals surface area contributed by atoms with Gasteiger partial charge in [0.25, 0.3) is 5.91 Å². The van der Waals surface area contributed by atoms with E-state index in [9.17, 15) is 14.0 Å². The summed E-state index contributed by atoms with van der Waals surface area (Å²) in [5, 5.41) is 7.64. The molecule has 8 nitrogen and oxygen atoms in total. The summed E-state index contributed by atoms with van der Waals surface area (Å²) in [4.78, 5) is 30.2. The maximum atomic E-state index is 13.7. The van der Waals surface area contributed by atoms with Gasteiger partial charge in [0.15, 0.2) is 5.11 Å². The molecule has 3 aromatic carbocycles. The molecule has 1 atom stereocenters. The first kappa shape index (κ1) is 28.9. The molecule has 1 aromatic heterocycles. The normalized spacial score (nSPS) is 14.9. The standard InChI is InChI=1S/C32H32FN5O3S/c1-2-3-17-41-28-15-13-26(14-16-28)35-30(39)18-29-31(40)37(21-23-7-5-4-6-8-23)32(42)38(29)27-19-34-36(22-27)20-24-9-11-25(33)12-10-24/h4-16,19,22,29H,2-3,17-18,20-21H2,1H3,(H,35,39)/t29-/m1/s1. The Bertz CT molecular complexity index is 1530. The molecule has 216 valence electrons. The molecule has 0 unspecified atom stereocenters. The van der Waals surface area contributed by atoms with Gasteiger partial charge in [0.05, 0.1) is 38.0 Å². The van der Waals surface area contributed by atoms with Crippen LogP contribution in [-0.2, 0) is 22.7 Å². The molecule has 0 aliphatic carbocycles. The van der Waals surface area contributed by atoms with E-state index in [0.717, 1.165) is 29.7 Å². The lowest BCUT2D eigenvalue weighted by atomic mass is 10.1. The Morgan fingerprint density at radius 2 is 1.71 bits per heavy atom. The molecule has 0 radical (unpaired) electrons. The van der Waals surface area contributed by atoms with Gasteiger partial charge in [-0.2, -0.15) is 5.10 Å². The van der Waals surface area contributed by atoms with Crippen LogP contribution in [0.5, 0.6) is 5.75 Å². The van der Waals surface area contributed by atoms with Gasteiger partial charge in [0.1, 0.15) is 17.6 Å². The number of aromatic nitrogens is 2. The van der Waals surface area contributed by atoms with Crippen LogP contribution in [0.15, 0.2) is 91.3 Å². The van der Waals surface area contributed by atoms with E-state index in [0.29, 0.717) is 29.6 Å². The van der Waals surface area contributed by atoms with E-state index < -0.39 is 6.04 Å². The number of hydrogen-bond acceptors (Lipinski definition) is 5. The maximum Gasteiger partial charge on any atom is 0.252 e. The largest absolute Gasteiger partial charge is 0.494 e. The summed E-state index contributed by atoms with van der Waals surface area (Å²) in [5.41, 5.74) is 2.99. The van der Waals surface area contributed by atoms with Gasteiger partial charge in [0.2, 0.25) is 5.91 Å². The Kier molecular flexibility index (Phi) is 9.23. The second-order valence-corrected chi connectivity index (χ2v) is 10.4. The Morgan fingerprint density at radius 3 is 2.43 bits per heavy atom. The lowest BCUT2D eigenvalue weighted by molar-refractivity contribution is -0.129. The predicted octanol–water partition coefficient (Wildman–Crippen LogP) is 5.78. The monoisotopic (exact) mass is 585 g/mol. The highest BCUT2D eigenvalue weighted by Crippen LogP contribution is 2.29. The molecule has 0 saturated carbocycles. The van der Waals surface area contributed by atoms with Gasteiger partial charge >= 0.3 is 0 Å². The second-order valence-electron chi connectivity index (χ2n) is 10.1. The van der Waals surface area contributed by atoms with Crippen LogP contribution in [-0.4, -0.2) is 44.3 Å². The van der Waals surface area contributed by atoms with Gasteiger partial charge in [-0.05, 0) is 66.2 Å². The van der Waals surface area contributed by atoms with Crippen molar-refractivity contribution in [2.24, 2.45) is 0 Å². The Labute approximate surface area is 249 Å². The number of nitrogens with zero attached hydrogens (tertiary/aromatic N) is 4. The third-order valence-corrected chi connectivity index (χ3v) is 7.34. The molecule has 10 heteroatoms. The highest BCUT2D eigenvalue weighted by Gasteiger charge is 2.44. The maximum absolute atomic E-state index is 13.7. The molecule has 1 aliphatic rings. The zero-order chi connectivity index (χ0) is 29.5. The van der Waals surface area contributed by atoms with Crippen molar-refractivity contribution in [3.8, 4) is 5.75 Å². The summed E-state index contributed by atoms with van der Waals surface area (Å²) >= 11 is 5.80. The fraction of sp³-hybridized carbons (Fsp3) is 0.250. The molecule has 2 amide bonds. The molecular formula is C32H32FN5O3S. The van der Waals surface area contributed by atoms with Gasteiger partial charge in [-0.1, -0.05) is 55.8 Å². The summed E-state index contributed by atoms with van der Waals surface area (Å²) < 4.78 is 20.7. The lowest BCUT2D eigenvalue weighted by Crippen LogP contribution is -2.37. The molecule has 5 rings (SSSR count). The minimum Gasteiger partial charge on any atom is -0.494 e. The fourth-order valence-electron chi connectivity index (χ4n) is 4.73. The minimum atomic E-state index is -0.846. The topological polar surface area (TPSA) is 79.7 Å². The highest BCUT2D eigenvalue weighted by atomic mass is 32.1. The van der Waals surface area contributed by atoms with Crippen LogP contribution in [0.1, 0.15) is 37.3 Å². The molecule has 1 aliphatic heterocycles. The van der Waals surface area contributed by atoms with Crippen molar-refractivity contribution in [1.82, 2.24) is 14.7 Å². The summed E-state index contributed by atoms with van der Waals surface area (Å²) in [6.45, 7) is 3.44. The Balaban J connectivity index is 1.33. The number of amides is 2. The second kappa shape index (κ2) is 13.4. The van der Waals surface area contributed by atoms with Crippen molar-refractivity contribution in [3.63, 3.8) is 0 Å². The predicted molar refractivity (Wildman–Crippen MR) is 164 cm³/mol. The number of nitrogens with one attached hydrogen (secondary N) is 1. The Morgan fingerprint density at radius 1 is 1.00 bits per heavy atom. The smallest absolute Gasteiger partial charge is 0.252 e. The molecule has 4 aromatic rings. The van der Waals surface area contributed by atoms with Crippen LogP contribution in [0.4, 0.5) is 15.8 Å². The number of thiocarbonyl (C=S) groups is 1. The van der Waals surface area contributed by atoms with Crippen molar-refractivity contribution >= 4 is 40.5 Å². The summed E-state index contributed by atoms with van der Waals surface area (Å²) in [5.74, 6) is -0.152. The van der Waals surface area contributed by atoms with E-state index >= 15 is 0 Å². The van der Waals surface area contributed by atoms with Crippen LogP contribution in [0.2, 0.25) is 0 Å². The van der Waals surface area contributed by atoms with Crippen LogP contribution in [0, 0.1) is 5.82 Å². The van der Waals surface area contributed by atoms with E-state index in [2.05, 4.69) is 17.3 Å². The zero-order valence-electron chi connectivity index (χ0n) is 23.3. The number of ether oxygens (including phenoxy) is 1. The Hall–Kier alpha value is -4.57. The molecular weight excluding hydrogens is 553 g/mol. The van der Waals surface area contributed by atoms with Crippen molar-refractivity contribution in [2.75, 3.05) is 16.8 Å². The van der Waals surface area contributed by atoms with Gasteiger partial charge in [-0.3, -0.25) is 19.2 Å². The molecule has 1 N–H and O–H groups in total. The average molecular weight is 586 g/mol. The van der Waals surface area contributed by atoms with Gasteiger partial charge in [-0.15, -0.1) is 0 Å². The van der Waals surface area contributed by atoms with Gasteiger partial charge < -0.3 is 15.0 Å². The molecule has 1 saturated heterocycles. The number of carbonyl (C=O) groups excluding carboxylic acids is 2. The molecule has 2 heterocycles. The summed E-state index contributed by atoms with van der Waals surface area (Å²) in [7, 11) is 0. The van der Waals surface area contributed by atoms with Gasteiger partial charge in [0, 0.05) is 11.9 Å². The summed E-state index contributed by atoms with van der Waals surface area (Å²) in [6.07, 6.45) is 5.31. The van der Waals surface area contributed by atoms with E-state index in [1.165, 1.54) is 17.0 Å². The van der Waals surface area contributed by atoms with E-state index in [4.69, 9.17) is 17.0 Å². The van der Waals surface area contributed by atoms with E-state index in [1.807, 2.05) is 42.5 Å². The van der Waals surface area contributed by atoms with E-state index in [1.54, 1.807) is 46.2 Å². The van der Waals surface area contributed by atoms with Crippen molar-refractivity contribution in [3.05, 3.63) is 108 Å². The van der Waals surface area contributed by atoms with Crippen LogP contribution in [0.25, 0.3) is 0 Å². The molecule has 42 heavy (non-hydrogen) atoms. The highest BCUT2D eigenvalue weighted by molar-refractivity contribution is 7.80. The van der Waals surface area contributed by atoms with Crippen molar-refractivity contribution in [1.29, 1.82) is 0 Å². The average Bonchev–Trinajstić information content (AvgIpc) is 3.53. The van der Waals surface area contributed by atoms with E-state index in [-0.39, 0.29) is 30.6 Å². The first-order valence-corrected chi connectivity index (χ1v) is 14.3. The SMILES string of the molecule is CCCCOc1ccc(NC(=O)C[C@@H]2C(=O)N(Cc3ccccc3)C(=S)N2c2cnn(Cc3ccc(F)cc3)c2)cc1. The minimum absolute atomic E-state index is 0.109. The first-order chi connectivity index (χ1) is 20.4. The number of carbonyl (C=O) groups is 2. The number of anilines is 2. The number of rotatable bonds is 12. The number of benzene rings is 3. The summed E-state index contributed by atoms with van der Waals surface area (Å²) in [6, 6.07) is 22.1. The quantitative estimate of drug-likeness (QED) is 0.168. The van der Waals surface area contributed by atoms with Crippen molar-refractivity contribution in [2.45, 2.75) is 45.3 Å². The zero-order valence-corrected chi connectivity index (χ0v) is 24.1. The third kappa shape index (κ3) is 7.01. The van der Waals surface area contributed by atoms with Crippen molar-refractivity contribution < 1.29 is 18.7 Å². The fourth-order valence-corrected chi connectivity index (χ4v) is 5.11. The third-order valence-electron chi connectivity index (χ3n) is 6.92. The first-order valence-electron chi connectivity index (χ1n) is 13.9. The van der Waals surface area contributed by atoms with Gasteiger partial charge in [-0.25, -0.2) is 4.39 Å². The van der Waals surface area contributed by atoms with Crippen LogP contribution in [0.3, 0.4) is 0 Å². The number of halogens is 1. The van der Waals surface area contributed by atoms with Crippen LogP contribution >= 0.6 is 12.2 Å². The van der Waals surface area contributed by atoms with Crippen LogP contribution < -0.4 is 15.0 Å².